The molecule has 19 heavy (non-hydrogen) atoms. The van der Waals surface area contributed by atoms with E-state index in [-0.39, 0.29) is 5.82 Å². The fraction of sp³-hybridized carbons (Fsp3) is 0.357. The summed E-state index contributed by atoms with van der Waals surface area (Å²) >= 11 is 0. The predicted octanol–water partition coefficient (Wildman–Crippen LogP) is 1.99. The van der Waals surface area contributed by atoms with Crippen LogP contribution >= 0.6 is 0 Å². The number of aryl methyl sites for hydroxylation is 1. The molecule has 0 aliphatic rings. The van der Waals surface area contributed by atoms with Gasteiger partial charge in [0.2, 0.25) is 0 Å². The molecule has 2 rings (SSSR count). The van der Waals surface area contributed by atoms with Crippen molar-refractivity contribution in [2.24, 2.45) is 5.73 Å². The van der Waals surface area contributed by atoms with E-state index in [1.807, 2.05) is 16.8 Å². The Morgan fingerprint density at radius 3 is 3.00 bits per heavy atom. The van der Waals surface area contributed by atoms with Gasteiger partial charge in [0, 0.05) is 18.9 Å². The van der Waals surface area contributed by atoms with Crippen LogP contribution < -0.4 is 10.5 Å². The third kappa shape index (κ3) is 3.79. The lowest BCUT2D eigenvalue weighted by molar-refractivity contribution is 0.284. The average Bonchev–Trinajstić information content (AvgIpc) is 2.90. The summed E-state index contributed by atoms with van der Waals surface area (Å²) in [6.07, 6.45) is 6.80. The number of halogens is 1. The zero-order valence-corrected chi connectivity index (χ0v) is 10.8. The Bertz CT molecular complexity index is 499. The highest BCUT2D eigenvalue weighted by atomic mass is 19.1. The predicted molar refractivity (Wildman–Crippen MR) is 71.5 cm³/mol. The van der Waals surface area contributed by atoms with Crippen molar-refractivity contribution in [3.63, 3.8) is 0 Å². The Hall–Kier alpha value is -1.88. The van der Waals surface area contributed by atoms with Crippen LogP contribution in [-0.4, -0.2) is 22.7 Å². The van der Waals surface area contributed by atoms with Crippen LogP contribution in [0.4, 0.5) is 4.39 Å². The summed E-state index contributed by atoms with van der Waals surface area (Å²) in [7, 11) is 0. The van der Waals surface area contributed by atoms with Crippen LogP contribution in [0.2, 0.25) is 0 Å². The van der Waals surface area contributed by atoms with Gasteiger partial charge in [-0.2, -0.15) is 0 Å². The summed E-state index contributed by atoms with van der Waals surface area (Å²) in [5.74, 6) is 0.00663. The van der Waals surface area contributed by atoms with Crippen molar-refractivity contribution >= 4 is 0 Å². The van der Waals surface area contributed by atoms with Gasteiger partial charge in [0.15, 0.2) is 11.6 Å². The van der Waals surface area contributed by atoms with E-state index in [0.29, 0.717) is 25.3 Å². The second-order valence-corrected chi connectivity index (χ2v) is 4.27. The van der Waals surface area contributed by atoms with Crippen molar-refractivity contribution in [1.82, 2.24) is 9.55 Å². The van der Waals surface area contributed by atoms with Gasteiger partial charge in [-0.1, -0.05) is 12.1 Å². The lowest BCUT2D eigenvalue weighted by atomic mass is 10.1. The van der Waals surface area contributed by atoms with Crippen LogP contribution in [0, 0.1) is 5.82 Å². The minimum atomic E-state index is -0.325. The molecule has 0 saturated carbocycles. The summed E-state index contributed by atoms with van der Waals surface area (Å²) in [6, 6.07) is 4.94. The molecule has 5 heteroatoms. The lowest BCUT2D eigenvalue weighted by Crippen LogP contribution is -2.08. The smallest absolute Gasteiger partial charge is 0.165 e. The molecule has 1 heterocycles. The first kappa shape index (κ1) is 13.5. The first-order valence-corrected chi connectivity index (χ1v) is 6.37. The van der Waals surface area contributed by atoms with Crippen LogP contribution in [-0.2, 0) is 13.0 Å². The molecule has 1 aromatic heterocycles. The van der Waals surface area contributed by atoms with Crippen molar-refractivity contribution in [2.45, 2.75) is 19.4 Å². The third-order valence-corrected chi connectivity index (χ3v) is 2.83. The van der Waals surface area contributed by atoms with Crippen LogP contribution in [0.25, 0.3) is 0 Å². The molecular formula is C14H18FN3O. The first-order valence-electron chi connectivity index (χ1n) is 6.37. The van der Waals surface area contributed by atoms with E-state index in [1.54, 1.807) is 18.6 Å². The molecule has 0 atom stereocenters. The van der Waals surface area contributed by atoms with Gasteiger partial charge in [-0.15, -0.1) is 0 Å². The Kier molecular flexibility index (Phi) is 4.92. The van der Waals surface area contributed by atoms with E-state index in [9.17, 15) is 4.39 Å². The number of rotatable bonds is 7. The molecule has 2 aromatic rings. The number of ether oxygens (including phenoxy) is 1. The molecule has 0 unspecified atom stereocenters. The second-order valence-electron chi connectivity index (χ2n) is 4.27. The normalized spacial score (nSPS) is 10.6. The Morgan fingerprint density at radius 1 is 1.37 bits per heavy atom. The molecule has 0 saturated heterocycles. The molecule has 0 amide bonds. The summed E-state index contributed by atoms with van der Waals surface area (Å²) in [5.41, 5.74) is 6.33. The monoisotopic (exact) mass is 263 g/mol. The highest BCUT2D eigenvalue weighted by Crippen LogP contribution is 2.23. The van der Waals surface area contributed by atoms with Crippen molar-refractivity contribution in [3.05, 3.63) is 48.3 Å². The lowest BCUT2D eigenvalue weighted by Gasteiger charge is -2.12. The number of imidazole rings is 1. The summed E-state index contributed by atoms with van der Waals surface area (Å²) in [6.45, 7) is 1.76. The van der Waals surface area contributed by atoms with E-state index in [2.05, 4.69) is 4.98 Å². The van der Waals surface area contributed by atoms with Gasteiger partial charge in [-0.3, -0.25) is 0 Å². The molecule has 2 N–H and O–H groups in total. The van der Waals surface area contributed by atoms with Gasteiger partial charge < -0.3 is 15.0 Å². The van der Waals surface area contributed by atoms with Gasteiger partial charge in [-0.05, 0) is 31.0 Å². The zero-order chi connectivity index (χ0) is 13.5. The van der Waals surface area contributed by atoms with E-state index >= 15 is 0 Å². The molecule has 0 bridgehead atoms. The zero-order valence-electron chi connectivity index (χ0n) is 10.8. The van der Waals surface area contributed by atoms with Crippen molar-refractivity contribution < 1.29 is 9.13 Å². The largest absolute Gasteiger partial charge is 0.490 e. The minimum Gasteiger partial charge on any atom is -0.490 e. The number of nitrogens with zero attached hydrogens (tertiary/aromatic N) is 2. The summed E-state index contributed by atoms with van der Waals surface area (Å²) in [5, 5.41) is 0. The molecule has 0 fully saturated rings. The SMILES string of the molecule is NCCc1cccc(F)c1OCCCn1ccnc1. The molecular weight excluding hydrogens is 245 g/mol. The standard InChI is InChI=1S/C14H18FN3O/c15-13-4-1-3-12(5-6-16)14(13)19-10-2-8-18-9-7-17-11-18/h1,3-4,7,9,11H,2,5-6,8,10,16H2. The number of para-hydroxylation sites is 1. The number of nitrogens with two attached hydrogens (primary N) is 1. The van der Waals surface area contributed by atoms with E-state index < -0.39 is 0 Å². The number of hydrogen-bond acceptors (Lipinski definition) is 3. The summed E-state index contributed by atoms with van der Waals surface area (Å²) in [4.78, 5) is 3.96. The summed E-state index contributed by atoms with van der Waals surface area (Å²) < 4.78 is 21.2. The maximum Gasteiger partial charge on any atom is 0.165 e. The quantitative estimate of drug-likeness (QED) is 0.777. The van der Waals surface area contributed by atoms with Crippen molar-refractivity contribution in [3.8, 4) is 5.75 Å². The van der Waals surface area contributed by atoms with Gasteiger partial charge in [0.25, 0.3) is 0 Å². The van der Waals surface area contributed by atoms with Gasteiger partial charge >= 0.3 is 0 Å². The molecule has 102 valence electrons. The number of benzene rings is 1. The Morgan fingerprint density at radius 2 is 2.26 bits per heavy atom. The minimum absolute atomic E-state index is 0.325. The Balaban J connectivity index is 1.88. The molecule has 1 aromatic carbocycles. The molecule has 0 aliphatic carbocycles. The number of hydrogen-bond donors (Lipinski definition) is 1. The average molecular weight is 263 g/mol. The number of aromatic nitrogens is 2. The van der Waals surface area contributed by atoms with Crippen LogP contribution in [0.15, 0.2) is 36.9 Å². The van der Waals surface area contributed by atoms with E-state index in [0.717, 1.165) is 18.5 Å². The fourth-order valence-electron chi connectivity index (χ4n) is 1.91. The maximum atomic E-state index is 13.7. The topological polar surface area (TPSA) is 53.1 Å². The molecule has 0 aliphatic heterocycles. The second kappa shape index (κ2) is 6.89. The van der Waals surface area contributed by atoms with Gasteiger partial charge in [0.05, 0.1) is 12.9 Å². The van der Waals surface area contributed by atoms with Gasteiger partial charge in [-0.25, -0.2) is 9.37 Å². The molecule has 0 spiro atoms. The molecule has 0 radical (unpaired) electrons. The van der Waals surface area contributed by atoms with E-state index in [1.165, 1.54) is 6.07 Å². The third-order valence-electron chi connectivity index (χ3n) is 2.83. The van der Waals surface area contributed by atoms with Crippen molar-refractivity contribution in [1.29, 1.82) is 0 Å². The van der Waals surface area contributed by atoms with Crippen LogP contribution in [0.1, 0.15) is 12.0 Å². The van der Waals surface area contributed by atoms with E-state index in [4.69, 9.17) is 10.5 Å². The molecule has 4 nitrogen and oxygen atoms in total. The van der Waals surface area contributed by atoms with Crippen molar-refractivity contribution in [2.75, 3.05) is 13.2 Å². The van der Waals surface area contributed by atoms with Crippen LogP contribution in [0.5, 0.6) is 5.75 Å². The highest BCUT2D eigenvalue weighted by molar-refractivity contribution is 5.35. The Labute approximate surface area is 112 Å². The highest BCUT2D eigenvalue weighted by Gasteiger charge is 2.08. The maximum absolute atomic E-state index is 13.7. The van der Waals surface area contributed by atoms with Crippen LogP contribution in [0.3, 0.4) is 0 Å². The first-order chi connectivity index (χ1) is 9.31. The fourth-order valence-corrected chi connectivity index (χ4v) is 1.91. The van der Waals surface area contributed by atoms with Gasteiger partial charge in [0.1, 0.15) is 0 Å².